The van der Waals surface area contributed by atoms with E-state index in [1.807, 2.05) is 13.1 Å². The maximum Gasteiger partial charge on any atom is 0.148 e. The molecule has 116 valence electrons. The van der Waals surface area contributed by atoms with Crippen molar-refractivity contribution in [2.24, 2.45) is 9.98 Å². The highest BCUT2D eigenvalue weighted by molar-refractivity contribution is 6.08. The van der Waals surface area contributed by atoms with Gasteiger partial charge in [-0.2, -0.15) is 0 Å². The molecule has 2 atom stereocenters. The van der Waals surface area contributed by atoms with Crippen molar-refractivity contribution in [3.05, 3.63) is 29.9 Å². The fraction of sp³-hybridized carbons (Fsp3) is 0.429. The zero-order valence-corrected chi connectivity index (χ0v) is 12.9. The largest absolute Gasteiger partial charge is 0.382 e. The van der Waals surface area contributed by atoms with Crippen LogP contribution in [-0.4, -0.2) is 39.2 Å². The van der Waals surface area contributed by atoms with Gasteiger partial charge in [-0.1, -0.05) is 0 Å². The van der Waals surface area contributed by atoms with Gasteiger partial charge in [-0.25, -0.2) is 20.4 Å². The summed E-state index contributed by atoms with van der Waals surface area (Å²) in [4.78, 5) is 19.8. The number of nitrogen functional groups attached to an aromatic ring is 1. The monoisotopic (exact) mass is 300 g/mol. The highest BCUT2D eigenvalue weighted by Gasteiger charge is 2.32. The number of nitrogens with zero attached hydrogens (tertiary/aromatic N) is 5. The van der Waals surface area contributed by atoms with Gasteiger partial charge in [0.1, 0.15) is 29.3 Å². The molecule has 0 amide bonds. The molecular formula is C14H20N8. The molecule has 8 nitrogen and oxygen atoms in total. The Labute approximate surface area is 129 Å². The smallest absolute Gasteiger partial charge is 0.148 e. The Hall–Kier alpha value is -2.48. The summed E-state index contributed by atoms with van der Waals surface area (Å²) in [6, 6.07) is -0.0366. The minimum absolute atomic E-state index is 0.0366. The van der Waals surface area contributed by atoms with Crippen LogP contribution in [0.4, 0.5) is 5.82 Å². The molecule has 0 aromatic carbocycles. The number of nitrogens with two attached hydrogens (primary N) is 1. The van der Waals surface area contributed by atoms with Gasteiger partial charge in [0.2, 0.25) is 0 Å². The molecule has 3 heterocycles. The molecule has 0 spiro atoms. The molecule has 1 aromatic rings. The zero-order valence-electron chi connectivity index (χ0n) is 12.9. The minimum Gasteiger partial charge on any atom is -0.382 e. The van der Waals surface area contributed by atoms with Crippen LogP contribution < -0.4 is 16.6 Å². The molecule has 0 saturated heterocycles. The number of amidine groups is 2. The van der Waals surface area contributed by atoms with Crippen molar-refractivity contribution in [3.8, 4) is 0 Å². The van der Waals surface area contributed by atoms with Crippen LogP contribution in [0, 0.1) is 0 Å². The number of hydrogen-bond acceptors (Lipinski definition) is 8. The predicted molar refractivity (Wildman–Crippen MR) is 85.9 cm³/mol. The van der Waals surface area contributed by atoms with E-state index in [2.05, 4.69) is 49.6 Å². The van der Waals surface area contributed by atoms with Crippen molar-refractivity contribution in [1.29, 1.82) is 0 Å². The lowest BCUT2D eigenvalue weighted by Gasteiger charge is -2.33. The van der Waals surface area contributed by atoms with Gasteiger partial charge >= 0.3 is 0 Å². The second-order valence-electron chi connectivity index (χ2n) is 5.19. The average Bonchev–Trinajstić information content (AvgIpc) is 2.96. The van der Waals surface area contributed by atoms with Gasteiger partial charge < -0.3 is 16.1 Å². The third-order valence-electron chi connectivity index (χ3n) is 3.82. The summed E-state index contributed by atoms with van der Waals surface area (Å²) in [5, 5.41) is 0. The highest BCUT2D eigenvalue weighted by atomic mass is 15.4. The highest BCUT2D eigenvalue weighted by Crippen LogP contribution is 2.27. The summed E-state index contributed by atoms with van der Waals surface area (Å²) in [5.41, 5.74) is 13.8. The number of hydrogen-bond donors (Lipinski definition) is 3. The van der Waals surface area contributed by atoms with Crippen LogP contribution >= 0.6 is 0 Å². The molecule has 22 heavy (non-hydrogen) atoms. The van der Waals surface area contributed by atoms with Crippen LogP contribution in [0.15, 0.2) is 34.2 Å². The first-order valence-corrected chi connectivity index (χ1v) is 7.29. The van der Waals surface area contributed by atoms with E-state index < -0.39 is 0 Å². The fourth-order valence-electron chi connectivity index (χ4n) is 2.74. The van der Waals surface area contributed by atoms with Crippen LogP contribution in [0.1, 0.15) is 32.5 Å². The number of nitrogens with one attached hydrogen (secondary N) is 2. The molecule has 8 heteroatoms. The van der Waals surface area contributed by atoms with Gasteiger partial charge in [-0.15, -0.1) is 0 Å². The van der Waals surface area contributed by atoms with E-state index in [-0.39, 0.29) is 12.2 Å². The molecule has 2 aliphatic heterocycles. The van der Waals surface area contributed by atoms with E-state index in [0.29, 0.717) is 5.82 Å². The first kappa shape index (κ1) is 14.5. The second-order valence-corrected chi connectivity index (χ2v) is 5.19. The number of likely N-dealkylation sites (N-methyl/N-ethyl adjacent to an activating group) is 1. The maximum absolute atomic E-state index is 5.97. The van der Waals surface area contributed by atoms with E-state index in [4.69, 9.17) is 5.73 Å². The lowest BCUT2D eigenvalue weighted by Crippen LogP contribution is -2.42. The van der Waals surface area contributed by atoms with E-state index >= 15 is 0 Å². The van der Waals surface area contributed by atoms with Gasteiger partial charge in [0.15, 0.2) is 0 Å². The molecule has 1 aromatic heterocycles. The summed E-state index contributed by atoms with van der Waals surface area (Å²) >= 11 is 0. The van der Waals surface area contributed by atoms with Crippen molar-refractivity contribution in [3.63, 3.8) is 0 Å². The number of hydrazine groups is 1. The molecule has 1 unspecified atom stereocenters. The van der Waals surface area contributed by atoms with Crippen LogP contribution in [-0.2, 0) is 0 Å². The Kier molecular flexibility index (Phi) is 3.76. The van der Waals surface area contributed by atoms with Crippen molar-refractivity contribution < 1.29 is 0 Å². The van der Waals surface area contributed by atoms with E-state index in [1.165, 1.54) is 0 Å². The molecule has 0 saturated carbocycles. The standard InChI is InChI=1S/C14H20N8/c1-4-22(8(2)11-12(15)17-6-5-16-11)14-10-7-18-21-13(10)19-9(3)20-14/h5-8,13,18,21H,4H2,1-3H3,(H2,15,17)/t8-,13?/m0/s1. The van der Waals surface area contributed by atoms with Gasteiger partial charge in [0, 0.05) is 25.1 Å². The molecule has 4 N–H and O–H groups in total. The van der Waals surface area contributed by atoms with Crippen molar-refractivity contribution in [2.45, 2.75) is 33.0 Å². The minimum atomic E-state index is -0.104. The Morgan fingerprint density at radius 1 is 1.36 bits per heavy atom. The van der Waals surface area contributed by atoms with Gasteiger partial charge in [-0.3, -0.25) is 4.98 Å². The Morgan fingerprint density at radius 2 is 2.14 bits per heavy atom. The first-order valence-electron chi connectivity index (χ1n) is 7.29. The van der Waals surface area contributed by atoms with Crippen molar-refractivity contribution in [1.82, 2.24) is 25.7 Å². The first-order chi connectivity index (χ1) is 10.6. The Balaban J connectivity index is 1.97. The van der Waals surface area contributed by atoms with Crippen LogP contribution in [0.2, 0.25) is 0 Å². The van der Waals surface area contributed by atoms with E-state index in [0.717, 1.165) is 29.5 Å². The molecule has 0 aliphatic carbocycles. The normalized spacial score (nSPS) is 21.2. The second kappa shape index (κ2) is 5.72. The number of fused-ring (bicyclic) bond motifs is 1. The lowest BCUT2D eigenvalue weighted by atomic mass is 10.1. The van der Waals surface area contributed by atoms with Crippen LogP contribution in [0.25, 0.3) is 0 Å². The molecule has 0 radical (unpaired) electrons. The van der Waals surface area contributed by atoms with Crippen LogP contribution in [0.3, 0.4) is 0 Å². The third-order valence-corrected chi connectivity index (χ3v) is 3.82. The number of anilines is 1. The predicted octanol–water partition coefficient (Wildman–Crippen LogP) is 0.590. The maximum atomic E-state index is 5.97. The Bertz CT molecular complexity index is 663. The molecule has 0 bridgehead atoms. The number of rotatable bonds is 3. The van der Waals surface area contributed by atoms with E-state index in [1.54, 1.807) is 12.4 Å². The van der Waals surface area contributed by atoms with Gasteiger partial charge in [0.05, 0.1) is 11.6 Å². The lowest BCUT2D eigenvalue weighted by molar-refractivity contribution is 0.345. The molecular weight excluding hydrogens is 280 g/mol. The van der Waals surface area contributed by atoms with E-state index in [9.17, 15) is 0 Å². The summed E-state index contributed by atoms with van der Waals surface area (Å²) < 4.78 is 0. The fourth-order valence-corrected chi connectivity index (χ4v) is 2.74. The molecule has 3 rings (SSSR count). The number of aliphatic imine (C=N–C) groups is 2. The van der Waals surface area contributed by atoms with Gasteiger partial charge in [0.25, 0.3) is 0 Å². The number of aromatic nitrogens is 2. The zero-order chi connectivity index (χ0) is 15.7. The SMILES string of the molecule is CCN(C1=NC(C)=NC2NNC=C12)[C@@H](C)c1nccnc1N. The quantitative estimate of drug-likeness (QED) is 0.755. The topological polar surface area (TPSA) is 104 Å². The van der Waals surface area contributed by atoms with Crippen molar-refractivity contribution in [2.75, 3.05) is 12.3 Å². The summed E-state index contributed by atoms with van der Waals surface area (Å²) in [6.07, 6.45) is 5.05. The molecule has 0 fully saturated rings. The summed E-state index contributed by atoms with van der Waals surface area (Å²) in [6.45, 7) is 6.80. The molecule has 2 aliphatic rings. The average molecular weight is 300 g/mol. The van der Waals surface area contributed by atoms with Gasteiger partial charge in [-0.05, 0) is 20.8 Å². The third kappa shape index (κ3) is 2.41. The summed E-state index contributed by atoms with van der Waals surface area (Å²) in [5.74, 6) is 2.07. The van der Waals surface area contributed by atoms with Crippen LogP contribution in [0.5, 0.6) is 0 Å². The van der Waals surface area contributed by atoms with Crippen molar-refractivity contribution >= 4 is 17.5 Å². The Morgan fingerprint density at radius 3 is 2.86 bits per heavy atom. The summed E-state index contributed by atoms with van der Waals surface area (Å²) in [7, 11) is 0.